The van der Waals surface area contributed by atoms with Crippen molar-refractivity contribution in [1.82, 2.24) is 9.78 Å². The Morgan fingerprint density at radius 3 is 2.60 bits per heavy atom. The minimum Gasteiger partial charge on any atom is -0.451 e. The number of amides is 1. The number of aromatic nitrogens is 2. The van der Waals surface area contributed by atoms with E-state index in [1.165, 1.54) is 34.2 Å². The summed E-state index contributed by atoms with van der Waals surface area (Å²) >= 11 is 1.50. The monoisotopic (exact) mass is 421 g/mol. The van der Waals surface area contributed by atoms with Gasteiger partial charge in [0.25, 0.3) is 5.91 Å². The normalized spacial score (nSPS) is 10.6. The van der Waals surface area contributed by atoms with Gasteiger partial charge in [0.15, 0.2) is 12.3 Å². The van der Waals surface area contributed by atoms with Gasteiger partial charge >= 0.3 is 5.97 Å². The summed E-state index contributed by atoms with van der Waals surface area (Å²) in [5, 5.41) is 8.94. The van der Waals surface area contributed by atoms with Gasteiger partial charge in [-0.2, -0.15) is 5.10 Å². The molecule has 1 amide bonds. The highest BCUT2D eigenvalue weighted by molar-refractivity contribution is 7.13. The number of ether oxygens (including phenoxy) is 1. The Bertz CT molecular complexity index is 1170. The van der Waals surface area contributed by atoms with Gasteiger partial charge in [0, 0.05) is 11.8 Å². The summed E-state index contributed by atoms with van der Waals surface area (Å²) < 4.78 is 19.9. The van der Waals surface area contributed by atoms with Crippen molar-refractivity contribution in [3.8, 4) is 16.3 Å². The van der Waals surface area contributed by atoms with Crippen molar-refractivity contribution in [1.29, 1.82) is 0 Å². The number of esters is 1. The number of hydrogen-bond acceptors (Lipinski definition) is 5. The van der Waals surface area contributed by atoms with Crippen LogP contribution in [0.3, 0.4) is 0 Å². The summed E-state index contributed by atoms with van der Waals surface area (Å²) in [4.78, 5) is 25.7. The number of anilines is 1. The Kier molecular flexibility index (Phi) is 5.67. The van der Waals surface area contributed by atoms with Crippen molar-refractivity contribution in [2.24, 2.45) is 0 Å². The number of hydrogen-bond donors (Lipinski definition) is 1. The molecule has 0 spiro atoms. The lowest BCUT2D eigenvalue weighted by Gasteiger charge is -2.08. The van der Waals surface area contributed by atoms with Crippen LogP contribution in [0, 0.1) is 5.82 Å². The van der Waals surface area contributed by atoms with E-state index in [0.717, 1.165) is 4.88 Å². The predicted octanol–water partition coefficient (Wildman–Crippen LogP) is 4.54. The second-order valence-electron chi connectivity index (χ2n) is 6.27. The van der Waals surface area contributed by atoms with E-state index in [1.807, 2.05) is 47.8 Å². The van der Waals surface area contributed by atoms with E-state index < -0.39 is 24.3 Å². The van der Waals surface area contributed by atoms with Crippen molar-refractivity contribution in [3.05, 3.63) is 89.7 Å². The standard InChI is InChI=1S/C22H16FN3O3S/c23-15-6-4-7-16(12-15)24-21(27)14-29-22(28)19-13-18(20-10-5-11-30-20)25-26(19)17-8-2-1-3-9-17/h1-13H,14H2,(H,24,27). The van der Waals surface area contributed by atoms with Crippen LogP contribution in [0.15, 0.2) is 78.2 Å². The number of nitrogens with one attached hydrogen (secondary N) is 1. The fourth-order valence-electron chi connectivity index (χ4n) is 2.81. The fraction of sp³-hybridized carbons (Fsp3) is 0.0455. The molecular formula is C22H16FN3O3S. The minimum absolute atomic E-state index is 0.197. The molecule has 0 aliphatic heterocycles. The molecule has 4 aromatic rings. The highest BCUT2D eigenvalue weighted by Crippen LogP contribution is 2.26. The topological polar surface area (TPSA) is 73.2 Å². The highest BCUT2D eigenvalue weighted by atomic mass is 32.1. The van der Waals surface area contributed by atoms with Crippen LogP contribution in [-0.2, 0) is 9.53 Å². The Balaban J connectivity index is 1.52. The molecule has 4 rings (SSSR count). The molecule has 0 aliphatic carbocycles. The van der Waals surface area contributed by atoms with E-state index in [0.29, 0.717) is 11.4 Å². The third-order valence-corrected chi connectivity index (χ3v) is 5.03. The quantitative estimate of drug-likeness (QED) is 0.464. The number of halogens is 1. The van der Waals surface area contributed by atoms with E-state index in [2.05, 4.69) is 10.4 Å². The molecule has 30 heavy (non-hydrogen) atoms. The molecule has 2 aromatic carbocycles. The Labute approximate surface area is 175 Å². The predicted molar refractivity (Wildman–Crippen MR) is 112 cm³/mol. The lowest BCUT2D eigenvalue weighted by molar-refractivity contribution is -0.119. The summed E-state index contributed by atoms with van der Waals surface area (Å²) in [6.07, 6.45) is 0. The van der Waals surface area contributed by atoms with Gasteiger partial charge in [-0.25, -0.2) is 13.9 Å². The zero-order valence-electron chi connectivity index (χ0n) is 15.6. The number of thiophene rings is 1. The van der Waals surface area contributed by atoms with E-state index in [-0.39, 0.29) is 11.4 Å². The third kappa shape index (κ3) is 4.44. The second kappa shape index (κ2) is 8.71. The molecule has 0 radical (unpaired) electrons. The molecule has 0 aliphatic rings. The molecule has 0 saturated heterocycles. The van der Waals surface area contributed by atoms with Crippen LogP contribution in [0.25, 0.3) is 16.3 Å². The van der Waals surface area contributed by atoms with Gasteiger partial charge in [0.2, 0.25) is 0 Å². The summed E-state index contributed by atoms with van der Waals surface area (Å²) in [5.41, 5.74) is 1.80. The lowest BCUT2D eigenvalue weighted by Crippen LogP contribution is -2.22. The Morgan fingerprint density at radius 2 is 1.87 bits per heavy atom. The van der Waals surface area contributed by atoms with Crippen LogP contribution < -0.4 is 5.32 Å². The van der Waals surface area contributed by atoms with Crippen LogP contribution >= 0.6 is 11.3 Å². The van der Waals surface area contributed by atoms with Crippen LogP contribution in [0.5, 0.6) is 0 Å². The largest absolute Gasteiger partial charge is 0.451 e. The van der Waals surface area contributed by atoms with Gasteiger partial charge in [0.1, 0.15) is 11.5 Å². The fourth-order valence-corrected chi connectivity index (χ4v) is 3.49. The number of nitrogens with zero attached hydrogens (tertiary/aromatic N) is 2. The van der Waals surface area contributed by atoms with Crippen molar-refractivity contribution >= 4 is 28.9 Å². The van der Waals surface area contributed by atoms with Crippen molar-refractivity contribution in [2.45, 2.75) is 0 Å². The first-order valence-electron chi connectivity index (χ1n) is 9.02. The summed E-state index contributed by atoms with van der Waals surface area (Å²) in [6, 6.07) is 20.1. The van der Waals surface area contributed by atoms with E-state index in [9.17, 15) is 14.0 Å². The third-order valence-electron chi connectivity index (χ3n) is 4.14. The molecular weight excluding hydrogens is 405 g/mol. The SMILES string of the molecule is O=C(COC(=O)c1cc(-c2cccs2)nn1-c1ccccc1)Nc1cccc(F)c1. The molecule has 0 bridgehead atoms. The van der Waals surface area contributed by atoms with Crippen molar-refractivity contribution < 1.29 is 18.7 Å². The zero-order valence-corrected chi connectivity index (χ0v) is 16.4. The number of para-hydroxylation sites is 1. The highest BCUT2D eigenvalue weighted by Gasteiger charge is 2.20. The number of rotatable bonds is 6. The number of benzene rings is 2. The molecule has 2 heterocycles. The average Bonchev–Trinajstić information content (AvgIpc) is 3.42. The number of carbonyl (C=O) groups excluding carboxylic acids is 2. The zero-order chi connectivity index (χ0) is 20.9. The first-order valence-corrected chi connectivity index (χ1v) is 9.90. The first-order chi connectivity index (χ1) is 14.6. The van der Waals surface area contributed by atoms with Crippen LogP contribution in [0.1, 0.15) is 10.5 Å². The van der Waals surface area contributed by atoms with Gasteiger partial charge in [-0.1, -0.05) is 30.3 Å². The van der Waals surface area contributed by atoms with Gasteiger partial charge in [-0.3, -0.25) is 4.79 Å². The smallest absolute Gasteiger partial charge is 0.357 e. The molecule has 6 nitrogen and oxygen atoms in total. The molecule has 8 heteroatoms. The average molecular weight is 421 g/mol. The van der Waals surface area contributed by atoms with Crippen molar-refractivity contribution in [3.63, 3.8) is 0 Å². The number of carbonyl (C=O) groups is 2. The van der Waals surface area contributed by atoms with E-state index in [1.54, 1.807) is 12.1 Å². The van der Waals surface area contributed by atoms with E-state index >= 15 is 0 Å². The van der Waals surface area contributed by atoms with Gasteiger partial charge in [-0.15, -0.1) is 11.3 Å². The van der Waals surface area contributed by atoms with Crippen LogP contribution in [0.2, 0.25) is 0 Å². The second-order valence-corrected chi connectivity index (χ2v) is 7.22. The Morgan fingerprint density at radius 1 is 1.03 bits per heavy atom. The molecule has 0 unspecified atom stereocenters. The maximum atomic E-state index is 13.2. The molecule has 0 saturated carbocycles. The first kappa shape index (κ1) is 19.5. The molecule has 0 atom stereocenters. The summed E-state index contributed by atoms with van der Waals surface area (Å²) in [5.74, 6) is -1.74. The van der Waals surface area contributed by atoms with Crippen LogP contribution in [-0.4, -0.2) is 28.3 Å². The minimum atomic E-state index is -0.691. The van der Waals surface area contributed by atoms with Crippen LogP contribution in [0.4, 0.5) is 10.1 Å². The molecule has 1 N–H and O–H groups in total. The maximum Gasteiger partial charge on any atom is 0.357 e. The molecule has 2 aromatic heterocycles. The molecule has 150 valence electrons. The summed E-state index contributed by atoms with van der Waals surface area (Å²) in [7, 11) is 0. The van der Waals surface area contributed by atoms with Gasteiger partial charge < -0.3 is 10.1 Å². The Hall–Kier alpha value is -3.78. The summed E-state index contributed by atoms with van der Waals surface area (Å²) in [6.45, 7) is -0.510. The lowest BCUT2D eigenvalue weighted by atomic mass is 10.3. The van der Waals surface area contributed by atoms with E-state index in [4.69, 9.17) is 4.74 Å². The van der Waals surface area contributed by atoms with Gasteiger partial charge in [-0.05, 0) is 41.8 Å². The van der Waals surface area contributed by atoms with Crippen molar-refractivity contribution in [2.75, 3.05) is 11.9 Å². The molecule has 0 fully saturated rings. The van der Waals surface area contributed by atoms with Gasteiger partial charge in [0.05, 0.1) is 10.6 Å². The maximum absolute atomic E-state index is 13.2.